The lowest BCUT2D eigenvalue weighted by molar-refractivity contribution is -0.127. The molecule has 1 saturated heterocycles. The predicted molar refractivity (Wildman–Crippen MR) is 121 cm³/mol. The smallest absolute Gasteiger partial charge is 0.254 e. The Kier molecular flexibility index (Phi) is 7.35. The van der Waals surface area contributed by atoms with Gasteiger partial charge in [-0.15, -0.1) is 0 Å². The lowest BCUT2D eigenvalue weighted by Gasteiger charge is -2.33. The Labute approximate surface area is 179 Å². The molecule has 0 aliphatic carbocycles. The van der Waals surface area contributed by atoms with Crippen molar-refractivity contribution in [2.24, 2.45) is 11.8 Å². The number of carbonyl (C=O) groups excluding carboxylic acids is 2. The minimum Gasteiger partial charge on any atom is -0.496 e. The molecule has 2 amide bonds. The third-order valence-corrected chi connectivity index (χ3v) is 5.98. The molecule has 2 aromatic carbocycles. The number of methoxy groups -OCH3 is 1. The van der Waals surface area contributed by atoms with Gasteiger partial charge in [0.25, 0.3) is 5.91 Å². The number of ether oxygens (including phenoxy) is 1. The van der Waals surface area contributed by atoms with E-state index in [2.05, 4.69) is 26.1 Å². The van der Waals surface area contributed by atoms with Gasteiger partial charge in [0.05, 0.1) is 13.0 Å². The van der Waals surface area contributed by atoms with Gasteiger partial charge in [-0.25, -0.2) is 0 Å². The van der Waals surface area contributed by atoms with Crippen LogP contribution < -0.4 is 10.1 Å². The first-order chi connectivity index (χ1) is 14.4. The van der Waals surface area contributed by atoms with Gasteiger partial charge in [0.15, 0.2) is 0 Å². The van der Waals surface area contributed by atoms with Gasteiger partial charge in [-0.05, 0) is 56.0 Å². The Morgan fingerprint density at radius 3 is 2.53 bits per heavy atom. The first-order valence-corrected chi connectivity index (χ1v) is 11.1. The molecular weight excluding hydrogens is 376 g/mol. The largest absolute Gasteiger partial charge is 0.496 e. The molecule has 1 fully saturated rings. The molecule has 3 rings (SSSR count). The highest BCUT2D eigenvalue weighted by Crippen LogP contribution is 2.30. The van der Waals surface area contributed by atoms with Crippen molar-refractivity contribution < 1.29 is 14.3 Å². The van der Waals surface area contributed by atoms with Gasteiger partial charge in [-0.1, -0.05) is 38.1 Å². The van der Waals surface area contributed by atoms with Crippen LogP contribution in [0, 0.1) is 11.8 Å². The molecule has 1 aliphatic heterocycles. The SMILES string of the molecule is COc1ccc(C(=O)N2CCCC(C(=O)NC(C)CCC(C)C)C2)c2ccccc12. The number of nitrogens with one attached hydrogen (secondary N) is 1. The number of nitrogens with zero attached hydrogens (tertiary/aromatic N) is 1. The van der Waals surface area contributed by atoms with Gasteiger partial charge in [0.1, 0.15) is 5.75 Å². The average Bonchev–Trinajstić information content (AvgIpc) is 2.76. The van der Waals surface area contributed by atoms with Crippen LogP contribution in [0.25, 0.3) is 10.8 Å². The second-order valence-electron chi connectivity index (χ2n) is 8.83. The number of likely N-dealkylation sites (tertiary alicyclic amines) is 1. The van der Waals surface area contributed by atoms with Gasteiger partial charge in [0.2, 0.25) is 5.91 Å². The maximum atomic E-state index is 13.3. The highest BCUT2D eigenvalue weighted by atomic mass is 16.5. The zero-order valence-electron chi connectivity index (χ0n) is 18.6. The Hall–Kier alpha value is -2.56. The number of carbonyl (C=O) groups is 2. The molecule has 2 unspecified atom stereocenters. The number of piperidine rings is 1. The summed E-state index contributed by atoms with van der Waals surface area (Å²) in [6.07, 6.45) is 3.76. The molecule has 0 aromatic heterocycles. The summed E-state index contributed by atoms with van der Waals surface area (Å²) in [6, 6.07) is 11.6. The van der Waals surface area contributed by atoms with Crippen LogP contribution in [0.5, 0.6) is 5.75 Å². The third-order valence-electron chi connectivity index (χ3n) is 5.98. The molecule has 1 heterocycles. The van der Waals surface area contributed by atoms with Crippen LogP contribution in [0.2, 0.25) is 0 Å². The second kappa shape index (κ2) is 9.96. The van der Waals surface area contributed by atoms with Crippen molar-refractivity contribution >= 4 is 22.6 Å². The predicted octanol–water partition coefficient (Wildman–Crippen LogP) is 4.64. The van der Waals surface area contributed by atoms with Crippen molar-refractivity contribution in [1.29, 1.82) is 0 Å². The van der Waals surface area contributed by atoms with Crippen LogP contribution >= 0.6 is 0 Å². The van der Waals surface area contributed by atoms with Crippen molar-refractivity contribution in [3.05, 3.63) is 42.0 Å². The van der Waals surface area contributed by atoms with Crippen LogP contribution in [0.15, 0.2) is 36.4 Å². The van der Waals surface area contributed by atoms with Crippen LogP contribution in [0.4, 0.5) is 0 Å². The van der Waals surface area contributed by atoms with E-state index in [0.717, 1.165) is 42.2 Å². The van der Waals surface area contributed by atoms with Crippen LogP contribution in [-0.2, 0) is 4.79 Å². The topological polar surface area (TPSA) is 58.6 Å². The van der Waals surface area contributed by atoms with E-state index in [1.54, 1.807) is 7.11 Å². The zero-order valence-corrected chi connectivity index (χ0v) is 18.6. The van der Waals surface area contributed by atoms with Gasteiger partial charge in [-0.3, -0.25) is 9.59 Å². The van der Waals surface area contributed by atoms with E-state index in [1.165, 1.54) is 0 Å². The van der Waals surface area contributed by atoms with Gasteiger partial charge >= 0.3 is 0 Å². The minimum atomic E-state index is -0.145. The van der Waals surface area contributed by atoms with Crippen molar-refractivity contribution in [3.63, 3.8) is 0 Å². The summed E-state index contributed by atoms with van der Waals surface area (Å²) in [6.45, 7) is 7.62. The fourth-order valence-electron chi connectivity index (χ4n) is 4.20. The van der Waals surface area contributed by atoms with E-state index in [1.807, 2.05) is 41.3 Å². The summed E-state index contributed by atoms with van der Waals surface area (Å²) < 4.78 is 5.45. The summed E-state index contributed by atoms with van der Waals surface area (Å²) in [5.74, 6) is 1.30. The lowest BCUT2D eigenvalue weighted by Crippen LogP contribution is -2.47. The third kappa shape index (κ3) is 5.13. The van der Waals surface area contributed by atoms with E-state index in [4.69, 9.17) is 4.74 Å². The second-order valence-corrected chi connectivity index (χ2v) is 8.83. The Balaban J connectivity index is 1.70. The number of hydrogen-bond acceptors (Lipinski definition) is 3. The van der Waals surface area contributed by atoms with Crippen LogP contribution in [-0.4, -0.2) is 43.0 Å². The normalized spacial score (nSPS) is 17.8. The monoisotopic (exact) mass is 410 g/mol. The van der Waals surface area contributed by atoms with Crippen molar-refractivity contribution in [2.45, 2.75) is 52.5 Å². The maximum Gasteiger partial charge on any atom is 0.254 e. The summed E-state index contributed by atoms with van der Waals surface area (Å²) in [5.41, 5.74) is 0.665. The average molecular weight is 411 g/mol. The molecule has 2 aromatic rings. The van der Waals surface area contributed by atoms with E-state index in [9.17, 15) is 9.59 Å². The number of amides is 2. The molecule has 162 valence electrons. The van der Waals surface area contributed by atoms with Crippen molar-refractivity contribution in [1.82, 2.24) is 10.2 Å². The molecule has 30 heavy (non-hydrogen) atoms. The number of benzene rings is 2. The van der Waals surface area contributed by atoms with Gasteiger partial charge in [0, 0.05) is 30.1 Å². The summed E-state index contributed by atoms with van der Waals surface area (Å²) >= 11 is 0. The maximum absolute atomic E-state index is 13.3. The van der Waals surface area contributed by atoms with E-state index < -0.39 is 0 Å². The standard InChI is InChI=1S/C25H34N2O3/c1-17(2)11-12-18(3)26-24(28)19-8-7-15-27(16-19)25(29)22-13-14-23(30-4)21-10-6-5-9-20(21)22/h5-6,9-10,13-14,17-19H,7-8,11-12,15-16H2,1-4H3,(H,26,28). The quantitative estimate of drug-likeness (QED) is 0.723. The van der Waals surface area contributed by atoms with Crippen molar-refractivity contribution in [3.8, 4) is 5.75 Å². The molecule has 0 saturated carbocycles. The number of hydrogen-bond donors (Lipinski definition) is 1. The van der Waals surface area contributed by atoms with E-state index >= 15 is 0 Å². The van der Waals surface area contributed by atoms with E-state index in [0.29, 0.717) is 24.6 Å². The first-order valence-electron chi connectivity index (χ1n) is 11.1. The number of rotatable bonds is 7. The van der Waals surface area contributed by atoms with Gasteiger partial charge in [-0.2, -0.15) is 0 Å². The summed E-state index contributed by atoms with van der Waals surface area (Å²) in [4.78, 5) is 28.0. The molecule has 1 N–H and O–H groups in total. The summed E-state index contributed by atoms with van der Waals surface area (Å²) in [5, 5.41) is 4.97. The van der Waals surface area contributed by atoms with Crippen molar-refractivity contribution in [2.75, 3.05) is 20.2 Å². The van der Waals surface area contributed by atoms with Gasteiger partial charge < -0.3 is 15.0 Å². The Morgan fingerprint density at radius 1 is 1.10 bits per heavy atom. The van der Waals surface area contributed by atoms with E-state index in [-0.39, 0.29) is 23.8 Å². The highest BCUT2D eigenvalue weighted by molar-refractivity contribution is 6.08. The minimum absolute atomic E-state index is 0.0146. The van der Waals surface area contributed by atoms with Crippen LogP contribution in [0.3, 0.4) is 0 Å². The molecule has 0 radical (unpaired) electrons. The Morgan fingerprint density at radius 2 is 1.83 bits per heavy atom. The molecule has 0 bridgehead atoms. The zero-order chi connectivity index (χ0) is 21.7. The highest BCUT2D eigenvalue weighted by Gasteiger charge is 2.30. The molecule has 1 aliphatic rings. The van der Waals surface area contributed by atoms with Crippen LogP contribution in [0.1, 0.15) is 56.8 Å². The fourth-order valence-corrected chi connectivity index (χ4v) is 4.20. The Bertz CT molecular complexity index is 893. The lowest BCUT2D eigenvalue weighted by atomic mass is 9.95. The molecule has 5 heteroatoms. The molecule has 2 atom stereocenters. The number of fused-ring (bicyclic) bond motifs is 1. The molecule has 5 nitrogen and oxygen atoms in total. The molecule has 0 spiro atoms. The first kappa shape index (κ1) is 22.1. The fraction of sp³-hybridized carbons (Fsp3) is 0.520. The summed E-state index contributed by atoms with van der Waals surface area (Å²) in [7, 11) is 1.64. The molecular formula is C25H34N2O3.